The number of nitrogens with one attached hydrogen (secondary N) is 2. The van der Waals surface area contributed by atoms with E-state index in [1.54, 1.807) is 0 Å². The van der Waals surface area contributed by atoms with Crippen LogP contribution in [0.1, 0.15) is 14.4 Å². The largest absolute Gasteiger partial charge is 0.348 e. The third kappa shape index (κ3) is 8.66. The van der Waals surface area contributed by atoms with E-state index < -0.39 is 11.8 Å². The number of rotatable bonds is 5. The first-order valence-electron chi connectivity index (χ1n) is 3.79. The van der Waals surface area contributed by atoms with Crippen LogP contribution < -0.4 is 16.4 Å². The summed E-state index contributed by atoms with van der Waals surface area (Å²) in [5, 5.41) is 4.59. The molecule has 0 fully saturated rings. The van der Waals surface area contributed by atoms with Crippen molar-refractivity contribution in [2.45, 2.75) is 14.4 Å². The lowest BCUT2D eigenvalue weighted by Gasteiger charge is -2.03. The first kappa shape index (κ1) is 15.1. The molecular formula is C8H17N3O3. The Bertz CT molecular complexity index is 216. The van der Waals surface area contributed by atoms with Gasteiger partial charge >= 0.3 is 0 Å². The second-order valence-electron chi connectivity index (χ2n) is 2.46. The average Bonchev–Trinajstić information content (AvgIpc) is 2.10. The van der Waals surface area contributed by atoms with Gasteiger partial charge in [-0.2, -0.15) is 0 Å². The Balaban J connectivity index is 0. The van der Waals surface area contributed by atoms with Crippen molar-refractivity contribution in [3.8, 4) is 0 Å². The fourth-order valence-electron chi connectivity index (χ4n) is 0.537. The van der Waals surface area contributed by atoms with Crippen LogP contribution in [-0.4, -0.2) is 37.2 Å². The van der Waals surface area contributed by atoms with Gasteiger partial charge < -0.3 is 16.4 Å². The van der Waals surface area contributed by atoms with E-state index in [0.717, 1.165) is 0 Å². The van der Waals surface area contributed by atoms with Gasteiger partial charge in [0, 0.05) is 0 Å². The molecule has 0 heterocycles. The van der Waals surface area contributed by atoms with E-state index in [2.05, 4.69) is 10.6 Å². The smallest absolute Gasteiger partial charge is 0.239 e. The maximum Gasteiger partial charge on any atom is 0.239 e. The van der Waals surface area contributed by atoms with Crippen molar-refractivity contribution in [2.75, 3.05) is 19.6 Å². The Labute approximate surface area is 83.2 Å². The molecule has 0 saturated carbocycles. The zero-order valence-corrected chi connectivity index (χ0v) is 7.42. The summed E-state index contributed by atoms with van der Waals surface area (Å²) in [6.45, 7) is 1.04. The zero-order valence-electron chi connectivity index (χ0n) is 7.42. The predicted octanol–water partition coefficient (Wildman–Crippen LogP) is -1.60. The number of Topliss-reactive ketones (excluding diaryl/α,β-unsaturated/α-hetero) is 1. The molecular weight excluding hydrogens is 186 g/mol. The van der Waals surface area contributed by atoms with Crippen molar-refractivity contribution >= 4 is 17.6 Å². The first-order chi connectivity index (χ1) is 6.06. The van der Waals surface area contributed by atoms with Crippen molar-refractivity contribution in [3.05, 3.63) is 0 Å². The molecule has 0 aromatic carbocycles. The van der Waals surface area contributed by atoms with Gasteiger partial charge in [0.1, 0.15) is 5.78 Å². The highest BCUT2D eigenvalue weighted by Gasteiger charge is 2.03. The van der Waals surface area contributed by atoms with Crippen LogP contribution in [0.5, 0.6) is 0 Å². The average molecular weight is 203 g/mol. The van der Waals surface area contributed by atoms with Crippen molar-refractivity contribution in [1.82, 2.24) is 10.6 Å². The van der Waals surface area contributed by atoms with Crippen LogP contribution >= 0.6 is 0 Å². The van der Waals surface area contributed by atoms with Crippen LogP contribution in [0.2, 0.25) is 0 Å². The van der Waals surface area contributed by atoms with E-state index in [9.17, 15) is 14.4 Å². The van der Waals surface area contributed by atoms with E-state index in [-0.39, 0.29) is 32.8 Å². The molecule has 14 heavy (non-hydrogen) atoms. The number of amides is 2. The summed E-state index contributed by atoms with van der Waals surface area (Å²) < 4.78 is 0. The van der Waals surface area contributed by atoms with Gasteiger partial charge in [-0.25, -0.2) is 0 Å². The second-order valence-corrected chi connectivity index (χ2v) is 2.46. The summed E-state index contributed by atoms with van der Waals surface area (Å²) in [6.07, 6.45) is 0. The molecule has 2 amide bonds. The minimum atomic E-state index is -0.406. The Morgan fingerprint density at radius 3 is 2.00 bits per heavy atom. The monoisotopic (exact) mass is 203 g/mol. The molecule has 0 aliphatic heterocycles. The first-order valence-corrected chi connectivity index (χ1v) is 3.79. The molecule has 0 radical (unpaired) electrons. The van der Waals surface area contributed by atoms with Crippen LogP contribution in [0.25, 0.3) is 0 Å². The molecule has 0 spiro atoms. The highest BCUT2D eigenvalue weighted by Crippen LogP contribution is 1.68. The van der Waals surface area contributed by atoms with Crippen LogP contribution in [-0.2, 0) is 14.4 Å². The van der Waals surface area contributed by atoms with Crippen molar-refractivity contribution in [3.63, 3.8) is 0 Å². The summed E-state index contributed by atoms with van der Waals surface area (Å²) in [4.78, 5) is 31.8. The van der Waals surface area contributed by atoms with Crippen molar-refractivity contribution in [1.29, 1.82) is 0 Å². The topological polar surface area (TPSA) is 101 Å². The molecule has 0 bridgehead atoms. The van der Waals surface area contributed by atoms with Crippen LogP contribution in [0.3, 0.4) is 0 Å². The van der Waals surface area contributed by atoms with Crippen LogP contribution in [0.15, 0.2) is 0 Å². The SMILES string of the molecule is C.CC(=O)CNC(=O)CNC(=O)CN. The van der Waals surface area contributed by atoms with E-state index in [0.29, 0.717) is 0 Å². The Morgan fingerprint density at radius 1 is 1.07 bits per heavy atom. The third-order valence-corrected chi connectivity index (χ3v) is 1.17. The highest BCUT2D eigenvalue weighted by atomic mass is 16.2. The van der Waals surface area contributed by atoms with Crippen molar-refractivity contribution < 1.29 is 14.4 Å². The van der Waals surface area contributed by atoms with E-state index in [4.69, 9.17) is 5.73 Å². The minimum Gasteiger partial charge on any atom is -0.348 e. The van der Waals surface area contributed by atoms with Gasteiger partial charge in [-0.05, 0) is 6.92 Å². The number of hydrogen-bond acceptors (Lipinski definition) is 4. The number of ketones is 1. The molecule has 4 N–H and O–H groups in total. The Morgan fingerprint density at radius 2 is 1.57 bits per heavy atom. The van der Waals surface area contributed by atoms with Crippen LogP contribution in [0, 0.1) is 0 Å². The lowest BCUT2D eigenvalue weighted by Crippen LogP contribution is -2.40. The van der Waals surface area contributed by atoms with Crippen molar-refractivity contribution in [2.24, 2.45) is 5.73 Å². The summed E-state index contributed by atoms with van der Waals surface area (Å²) in [5.41, 5.74) is 4.98. The van der Waals surface area contributed by atoms with E-state index in [1.165, 1.54) is 6.92 Å². The maximum absolute atomic E-state index is 10.8. The zero-order chi connectivity index (χ0) is 10.3. The third-order valence-electron chi connectivity index (χ3n) is 1.17. The van der Waals surface area contributed by atoms with Gasteiger partial charge in [-0.1, -0.05) is 7.43 Å². The molecule has 0 saturated heterocycles. The number of nitrogens with two attached hydrogens (primary N) is 1. The standard InChI is InChI=1S/C7H13N3O3.CH4/c1-5(11)3-9-7(13)4-10-6(12)2-8;/h2-4,8H2,1H3,(H,9,13)(H,10,12);1H4. The molecule has 6 heteroatoms. The number of carbonyl (C=O) groups is 3. The van der Waals surface area contributed by atoms with E-state index >= 15 is 0 Å². The van der Waals surface area contributed by atoms with Gasteiger partial charge in [-0.15, -0.1) is 0 Å². The molecule has 0 aliphatic carbocycles. The Kier molecular flexibility index (Phi) is 8.80. The van der Waals surface area contributed by atoms with Gasteiger partial charge in [0.05, 0.1) is 19.6 Å². The maximum atomic E-state index is 10.8. The number of carbonyl (C=O) groups excluding carboxylic acids is 3. The summed E-state index contributed by atoms with van der Waals surface area (Å²) in [7, 11) is 0. The Hall–Kier alpha value is -1.43. The molecule has 0 unspecified atom stereocenters. The minimum absolute atomic E-state index is 0. The van der Waals surface area contributed by atoms with Gasteiger partial charge in [0.2, 0.25) is 11.8 Å². The van der Waals surface area contributed by atoms with Gasteiger partial charge in [0.25, 0.3) is 0 Å². The molecule has 0 rings (SSSR count). The van der Waals surface area contributed by atoms with Gasteiger partial charge in [-0.3, -0.25) is 14.4 Å². The molecule has 0 atom stereocenters. The summed E-state index contributed by atoms with van der Waals surface area (Å²) >= 11 is 0. The molecule has 0 aromatic heterocycles. The number of hydrogen-bond donors (Lipinski definition) is 3. The summed E-state index contributed by atoms with van der Waals surface area (Å²) in [5.74, 6) is -0.950. The van der Waals surface area contributed by atoms with Gasteiger partial charge in [0.15, 0.2) is 0 Å². The van der Waals surface area contributed by atoms with Crippen LogP contribution in [0.4, 0.5) is 0 Å². The highest BCUT2D eigenvalue weighted by molar-refractivity contribution is 5.88. The second kappa shape index (κ2) is 8.18. The normalized spacial score (nSPS) is 8.43. The van der Waals surface area contributed by atoms with E-state index in [1.807, 2.05) is 0 Å². The molecule has 0 aliphatic rings. The fraction of sp³-hybridized carbons (Fsp3) is 0.625. The molecule has 82 valence electrons. The lowest BCUT2D eigenvalue weighted by molar-refractivity contribution is -0.126. The fourth-order valence-corrected chi connectivity index (χ4v) is 0.537. The molecule has 6 nitrogen and oxygen atoms in total. The molecule has 0 aromatic rings. The summed E-state index contributed by atoms with van der Waals surface area (Å²) in [6, 6.07) is 0. The quantitative estimate of drug-likeness (QED) is 0.501. The predicted molar refractivity (Wildman–Crippen MR) is 52.5 cm³/mol. The lowest BCUT2D eigenvalue weighted by atomic mass is 10.4.